The summed E-state index contributed by atoms with van der Waals surface area (Å²) in [6.07, 6.45) is -1.98. The smallest absolute Gasteiger partial charge is 0.406 e. The Bertz CT molecular complexity index is 1630. The topological polar surface area (TPSA) is 72.6 Å². The number of aliphatic imine (C=N–C) groups is 1. The molecule has 0 aliphatic carbocycles. The predicted octanol–water partition coefficient (Wildman–Crippen LogP) is 8.15. The minimum Gasteiger partial charge on any atom is -0.406 e. The summed E-state index contributed by atoms with van der Waals surface area (Å²) >= 11 is 1.63. The Morgan fingerprint density at radius 1 is 1.02 bits per heavy atom. The first-order chi connectivity index (χ1) is 20.9. The normalized spacial score (nSPS) is 15.2. The lowest BCUT2D eigenvalue weighted by atomic mass is 9.81. The van der Waals surface area contributed by atoms with Crippen LogP contribution in [0.15, 0.2) is 84.1 Å². The fourth-order valence-corrected chi connectivity index (χ4v) is 6.08. The highest BCUT2D eigenvalue weighted by Gasteiger charge is 2.31. The van der Waals surface area contributed by atoms with Crippen LogP contribution in [0, 0.1) is 0 Å². The fourth-order valence-electron chi connectivity index (χ4n) is 5.11. The molecule has 0 N–H and O–H groups in total. The zero-order valence-electron chi connectivity index (χ0n) is 25.0. The van der Waals surface area contributed by atoms with Crippen LogP contribution in [0.3, 0.4) is 0 Å². The summed E-state index contributed by atoms with van der Waals surface area (Å²) in [5.74, 6) is 1.27. The number of amidine groups is 1. The van der Waals surface area contributed by atoms with Gasteiger partial charge in [0.05, 0.1) is 5.69 Å². The number of hydrogen-bond donors (Lipinski definition) is 0. The van der Waals surface area contributed by atoms with Crippen molar-refractivity contribution < 1.29 is 22.7 Å². The van der Waals surface area contributed by atoms with Crippen LogP contribution in [0.25, 0.3) is 17.1 Å². The van der Waals surface area contributed by atoms with Crippen molar-refractivity contribution in [3.8, 4) is 22.8 Å². The first-order valence-electron chi connectivity index (χ1n) is 14.4. The zero-order chi connectivity index (χ0) is 31.5. The first-order valence-corrected chi connectivity index (χ1v) is 15.4. The molecule has 1 aliphatic heterocycles. The molecule has 5 rings (SSSR count). The highest BCUT2D eigenvalue weighted by Crippen LogP contribution is 2.33. The van der Waals surface area contributed by atoms with Crippen LogP contribution in [0.4, 0.5) is 18.9 Å². The SMILES string of the molecule is CC(C)c1ccccc1N1CCCSC1=NC(=O)CC(C)(C)c1ccc(-c2ncn(-c3ccc(OC(F)(F)F)cc3)n2)cc1. The lowest BCUT2D eigenvalue weighted by Gasteiger charge is -2.32. The molecule has 0 spiro atoms. The third kappa shape index (κ3) is 7.50. The Morgan fingerprint density at radius 2 is 1.73 bits per heavy atom. The van der Waals surface area contributed by atoms with Crippen molar-refractivity contribution in [3.05, 3.63) is 90.3 Å². The summed E-state index contributed by atoms with van der Waals surface area (Å²) in [6, 6.07) is 21.4. The number of aromatic nitrogens is 3. The van der Waals surface area contributed by atoms with Crippen LogP contribution < -0.4 is 9.64 Å². The highest BCUT2D eigenvalue weighted by molar-refractivity contribution is 8.14. The Hall–Kier alpha value is -4.12. The van der Waals surface area contributed by atoms with Gasteiger partial charge in [-0.15, -0.1) is 18.3 Å². The number of para-hydroxylation sites is 1. The second kappa shape index (κ2) is 12.9. The van der Waals surface area contributed by atoms with Crippen molar-refractivity contribution in [1.82, 2.24) is 14.8 Å². The van der Waals surface area contributed by atoms with Gasteiger partial charge in [-0.05, 0) is 59.2 Å². The van der Waals surface area contributed by atoms with Crippen LogP contribution in [0.5, 0.6) is 5.75 Å². The van der Waals surface area contributed by atoms with E-state index in [0.29, 0.717) is 17.4 Å². The van der Waals surface area contributed by atoms with E-state index in [1.54, 1.807) is 11.8 Å². The van der Waals surface area contributed by atoms with Crippen LogP contribution in [0.2, 0.25) is 0 Å². The van der Waals surface area contributed by atoms with Gasteiger partial charge in [-0.1, -0.05) is 81.9 Å². The van der Waals surface area contributed by atoms with E-state index in [2.05, 4.69) is 50.7 Å². The van der Waals surface area contributed by atoms with E-state index < -0.39 is 11.8 Å². The molecule has 11 heteroatoms. The number of thioether (sulfide) groups is 1. The lowest BCUT2D eigenvalue weighted by molar-refractivity contribution is -0.274. The van der Waals surface area contributed by atoms with Crippen LogP contribution in [-0.4, -0.2) is 44.5 Å². The molecule has 230 valence electrons. The van der Waals surface area contributed by atoms with Gasteiger partial charge < -0.3 is 9.64 Å². The molecule has 1 aromatic heterocycles. The van der Waals surface area contributed by atoms with Crippen LogP contribution in [0.1, 0.15) is 57.6 Å². The predicted molar refractivity (Wildman–Crippen MR) is 169 cm³/mol. The van der Waals surface area contributed by atoms with E-state index in [4.69, 9.17) is 0 Å². The molecule has 0 saturated carbocycles. The number of rotatable bonds is 8. The number of alkyl halides is 3. The summed E-state index contributed by atoms with van der Waals surface area (Å²) in [7, 11) is 0. The lowest BCUT2D eigenvalue weighted by Crippen LogP contribution is -2.35. The maximum atomic E-state index is 13.3. The molecule has 1 aliphatic rings. The standard InChI is InChI=1S/C33H34F3N5O2S/c1-22(2)27-8-5-6-9-28(27)40-18-7-19-44-31(40)38-29(42)20-32(3,4)24-12-10-23(11-13-24)30-37-21-41(39-30)25-14-16-26(17-15-25)43-33(34,35)36/h5-6,8-17,21-22H,7,18-20H2,1-4H3. The second-order valence-corrected chi connectivity index (χ2v) is 12.6. The number of ether oxygens (including phenoxy) is 1. The second-order valence-electron chi connectivity index (χ2n) is 11.5. The van der Waals surface area contributed by atoms with Crippen molar-refractivity contribution in [2.24, 2.45) is 4.99 Å². The Labute approximate surface area is 259 Å². The number of carbonyl (C=O) groups excluding carboxylic acids is 1. The molecule has 3 aromatic carbocycles. The average molecular weight is 622 g/mol. The Morgan fingerprint density at radius 3 is 2.41 bits per heavy atom. The molecule has 0 bridgehead atoms. The van der Waals surface area contributed by atoms with E-state index in [1.165, 1.54) is 40.8 Å². The van der Waals surface area contributed by atoms with E-state index >= 15 is 0 Å². The minimum atomic E-state index is -4.75. The molecular weight excluding hydrogens is 587 g/mol. The summed E-state index contributed by atoms with van der Waals surface area (Å²) in [5.41, 5.74) is 4.17. The molecule has 0 atom stereocenters. The van der Waals surface area contributed by atoms with Gasteiger partial charge in [0, 0.05) is 30.0 Å². The average Bonchev–Trinajstić information content (AvgIpc) is 3.47. The van der Waals surface area contributed by atoms with Gasteiger partial charge >= 0.3 is 6.36 Å². The van der Waals surface area contributed by atoms with Crippen molar-refractivity contribution in [3.63, 3.8) is 0 Å². The van der Waals surface area contributed by atoms with Gasteiger partial charge in [0.25, 0.3) is 0 Å². The van der Waals surface area contributed by atoms with Gasteiger partial charge in [-0.3, -0.25) is 4.79 Å². The summed E-state index contributed by atoms with van der Waals surface area (Å²) in [5, 5.41) is 5.23. The molecule has 2 heterocycles. The molecule has 0 unspecified atom stereocenters. The van der Waals surface area contributed by atoms with E-state index in [1.807, 2.05) is 50.2 Å². The molecule has 0 radical (unpaired) electrons. The molecule has 1 amide bonds. The number of halogens is 3. The number of nitrogens with zero attached hydrogens (tertiary/aromatic N) is 5. The Balaban J connectivity index is 1.27. The third-order valence-electron chi connectivity index (χ3n) is 7.40. The molecule has 4 aromatic rings. The van der Waals surface area contributed by atoms with E-state index in [9.17, 15) is 18.0 Å². The van der Waals surface area contributed by atoms with E-state index in [-0.39, 0.29) is 18.1 Å². The van der Waals surface area contributed by atoms with Gasteiger partial charge in [0.2, 0.25) is 5.91 Å². The van der Waals surface area contributed by atoms with Gasteiger partial charge in [-0.25, -0.2) is 9.67 Å². The van der Waals surface area contributed by atoms with Crippen molar-refractivity contribution in [1.29, 1.82) is 0 Å². The van der Waals surface area contributed by atoms with Gasteiger partial charge in [-0.2, -0.15) is 4.99 Å². The number of amides is 1. The number of benzene rings is 3. The minimum absolute atomic E-state index is 0.164. The van der Waals surface area contributed by atoms with Gasteiger partial charge in [0.15, 0.2) is 11.0 Å². The van der Waals surface area contributed by atoms with E-state index in [0.717, 1.165) is 40.7 Å². The fraction of sp³-hybridized carbons (Fsp3) is 0.333. The van der Waals surface area contributed by atoms with Crippen molar-refractivity contribution in [2.45, 2.75) is 58.2 Å². The van der Waals surface area contributed by atoms with Gasteiger partial charge in [0.1, 0.15) is 12.1 Å². The Kier molecular flexibility index (Phi) is 9.15. The summed E-state index contributed by atoms with van der Waals surface area (Å²) < 4.78 is 42.7. The van der Waals surface area contributed by atoms with Crippen LogP contribution >= 0.6 is 11.8 Å². The van der Waals surface area contributed by atoms with Crippen LogP contribution in [-0.2, 0) is 10.2 Å². The van der Waals surface area contributed by atoms with Crippen molar-refractivity contribution in [2.75, 3.05) is 17.2 Å². The maximum absolute atomic E-state index is 13.3. The third-order valence-corrected chi connectivity index (χ3v) is 8.47. The van der Waals surface area contributed by atoms with Crippen molar-refractivity contribution >= 4 is 28.5 Å². The number of carbonyl (C=O) groups is 1. The molecule has 1 fully saturated rings. The summed E-state index contributed by atoms with van der Waals surface area (Å²) in [6.45, 7) is 9.23. The molecule has 44 heavy (non-hydrogen) atoms. The molecular formula is C33H34F3N5O2S. The quantitative estimate of drug-likeness (QED) is 0.198. The largest absolute Gasteiger partial charge is 0.573 e. The number of hydrogen-bond acceptors (Lipinski definition) is 5. The zero-order valence-corrected chi connectivity index (χ0v) is 25.8. The summed E-state index contributed by atoms with van der Waals surface area (Å²) in [4.78, 5) is 24.4. The highest BCUT2D eigenvalue weighted by atomic mass is 32.2. The maximum Gasteiger partial charge on any atom is 0.573 e. The molecule has 7 nitrogen and oxygen atoms in total. The first kappa shape index (κ1) is 31.3. The number of anilines is 1. The molecule has 1 saturated heterocycles. The monoisotopic (exact) mass is 621 g/mol.